The summed E-state index contributed by atoms with van der Waals surface area (Å²) in [6, 6.07) is 4.54. The molecule has 7 nitrogen and oxygen atoms in total. The van der Waals surface area contributed by atoms with E-state index in [1.165, 1.54) is 0 Å². The molecule has 0 aliphatic carbocycles. The number of hydrogen-bond acceptors (Lipinski definition) is 5. The first-order valence-corrected chi connectivity index (χ1v) is 8.10. The molecule has 3 N–H and O–H groups in total. The number of anilines is 1. The topological polar surface area (TPSA) is 119 Å². The number of aromatic nitrogens is 1. The number of rotatable bonds is 4. The van der Waals surface area contributed by atoms with E-state index in [-0.39, 0.29) is 5.69 Å². The van der Waals surface area contributed by atoms with Crippen molar-refractivity contribution in [2.75, 3.05) is 5.32 Å². The molecule has 2 amide bonds. The minimum Gasteiger partial charge on any atom is -0.366 e. The number of sulfone groups is 1. The number of nitrogens with one attached hydrogen (secondary N) is 1. The Morgan fingerprint density at radius 2 is 1.77 bits per heavy atom. The van der Waals surface area contributed by atoms with Gasteiger partial charge in [0, 0.05) is 11.9 Å². The highest BCUT2D eigenvalue weighted by Gasteiger charge is 2.49. The molecule has 0 fully saturated rings. The minimum absolute atomic E-state index is 0.190. The number of carbonyl (C=O) groups excluding carboxylic acids is 2. The number of carbonyl (C=O) groups is 2. The molecule has 1 aromatic heterocycles. The third-order valence-electron chi connectivity index (χ3n) is 3.06. The number of amides is 2. The number of benzene rings is 1. The van der Waals surface area contributed by atoms with Crippen molar-refractivity contribution in [1.29, 1.82) is 0 Å². The summed E-state index contributed by atoms with van der Waals surface area (Å²) >= 11 is 0. The molecule has 138 valence electrons. The van der Waals surface area contributed by atoms with Gasteiger partial charge in [-0.15, -0.1) is 0 Å². The van der Waals surface area contributed by atoms with Gasteiger partial charge in [-0.3, -0.25) is 9.59 Å². The summed E-state index contributed by atoms with van der Waals surface area (Å²) in [4.78, 5) is 26.4. The highest BCUT2D eigenvalue weighted by molar-refractivity contribution is 7.92. The van der Waals surface area contributed by atoms with Gasteiger partial charge in [-0.1, -0.05) is 0 Å². The monoisotopic (exact) mass is 391 g/mol. The number of hydrogen-bond donors (Lipinski definition) is 2. The fourth-order valence-corrected chi connectivity index (χ4v) is 2.75. The van der Waals surface area contributed by atoms with Crippen molar-refractivity contribution in [1.82, 2.24) is 4.98 Å². The van der Waals surface area contributed by atoms with Crippen LogP contribution in [0.4, 0.5) is 23.2 Å². The van der Waals surface area contributed by atoms with Crippen LogP contribution in [0.5, 0.6) is 0 Å². The Kier molecular flexibility index (Phi) is 4.98. The van der Waals surface area contributed by atoms with Gasteiger partial charge in [0.2, 0.25) is 0 Å². The van der Waals surface area contributed by atoms with Crippen LogP contribution in [0, 0.1) is 5.82 Å². The molecule has 0 saturated carbocycles. The van der Waals surface area contributed by atoms with Gasteiger partial charge in [0.15, 0.2) is 5.03 Å². The second-order valence-corrected chi connectivity index (χ2v) is 6.67. The number of alkyl halides is 3. The SMILES string of the molecule is NC(=O)c1cc(NC(=O)c2cccnc2S(=O)(=O)C(F)(F)F)ccc1F. The molecule has 1 aromatic carbocycles. The Bertz CT molecular complexity index is 990. The van der Waals surface area contributed by atoms with E-state index in [1.807, 2.05) is 0 Å². The summed E-state index contributed by atoms with van der Waals surface area (Å²) in [6.45, 7) is 0. The van der Waals surface area contributed by atoms with Crippen LogP contribution in [0.2, 0.25) is 0 Å². The number of nitrogens with zero attached hydrogens (tertiary/aromatic N) is 1. The van der Waals surface area contributed by atoms with Crippen LogP contribution in [0.25, 0.3) is 0 Å². The zero-order chi connectivity index (χ0) is 19.7. The number of nitrogens with two attached hydrogens (primary N) is 1. The number of pyridine rings is 1. The fraction of sp³-hybridized carbons (Fsp3) is 0.0714. The van der Waals surface area contributed by atoms with E-state index < -0.39 is 49.1 Å². The summed E-state index contributed by atoms with van der Waals surface area (Å²) in [7, 11) is -5.88. The Balaban J connectivity index is 2.44. The van der Waals surface area contributed by atoms with E-state index in [0.29, 0.717) is 0 Å². The maximum absolute atomic E-state index is 13.4. The summed E-state index contributed by atoms with van der Waals surface area (Å²) < 4.78 is 74.7. The van der Waals surface area contributed by atoms with Crippen LogP contribution in [-0.2, 0) is 9.84 Å². The number of halogens is 4. The molecule has 0 saturated heterocycles. The molecule has 2 rings (SSSR count). The van der Waals surface area contributed by atoms with Gasteiger partial charge in [-0.25, -0.2) is 17.8 Å². The van der Waals surface area contributed by atoms with E-state index in [9.17, 15) is 35.6 Å². The first-order chi connectivity index (χ1) is 11.9. The first-order valence-electron chi connectivity index (χ1n) is 6.62. The average Bonchev–Trinajstić information content (AvgIpc) is 2.55. The van der Waals surface area contributed by atoms with Crippen molar-refractivity contribution in [3.05, 3.63) is 53.5 Å². The maximum atomic E-state index is 13.4. The molecule has 0 radical (unpaired) electrons. The van der Waals surface area contributed by atoms with Crippen LogP contribution in [0.1, 0.15) is 20.7 Å². The van der Waals surface area contributed by atoms with Crippen LogP contribution in [0.3, 0.4) is 0 Å². The third-order valence-corrected chi connectivity index (χ3v) is 4.51. The normalized spacial score (nSPS) is 11.8. The highest BCUT2D eigenvalue weighted by Crippen LogP contribution is 2.31. The molecule has 0 bridgehead atoms. The van der Waals surface area contributed by atoms with Crippen LogP contribution < -0.4 is 11.1 Å². The van der Waals surface area contributed by atoms with E-state index in [1.54, 1.807) is 0 Å². The molecule has 12 heteroatoms. The van der Waals surface area contributed by atoms with Gasteiger partial charge in [0.25, 0.3) is 21.7 Å². The smallest absolute Gasteiger partial charge is 0.366 e. The maximum Gasteiger partial charge on any atom is 0.503 e. The molecule has 0 aliphatic rings. The van der Waals surface area contributed by atoms with Crippen molar-refractivity contribution in [3.8, 4) is 0 Å². The molecular formula is C14H9F4N3O4S. The van der Waals surface area contributed by atoms with Gasteiger partial charge in [-0.05, 0) is 30.3 Å². The van der Waals surface area contributed by atoms with E-state index in [4.69, 9.17) is 5.73 Å². The van der Waals surface area contributed by atoms with Gasteiger partial charge >= 0.3 is 5.51 Å². The lowest BCUT2D eigenvalue weighted by Gasteiger charge is -2.12. The molecule has 0 spiro atoms. The average molecular weight is 391 g/mol. The van der Waals surface area contributed by atoms with Crippen molar-refractivity contribution in [3.63, 3.8) is 0 Å². The summed E-state index contributed by atoms with van der Waals surface area (Å²) in [5, 5.41) is 0.575. The summed E-state index contributed by atoms with van der Waals surface area (Å²) in [5.74, 6) is -3.37. The van der Waals surface area contributed by atoms with Gasteiger partial charge < -0.3 is 11.1 Å². The van der Waals surface area contributed by atoms with Crippen LogP contribution in [0.15, 0.2) is 41.6 Å². The first kappa shape index (κ1) is 19.3. The number of primary amides is 1. The predicted octanol–water partition coefficient (Wildman–Crippen LogP) is 1.87. The Hall–Kier alpha value is -3.02. The second kappa shape index (κ2) is 6.71. The minimum atomic E-state index is -5.88. The Labute approximate surface area is 143 Å². The van der Waals surface area contributed by atoms with Crippen molar-refractivity contribution in [2.24, 2.45) is 5.73 Å². The van der Waals surface area contributed by atoms with Crippen molar-refractivity contribution >= 4 is 27.3 Å². The lowest BCUT2D eigenvalue weighted by atomic mass is 10.1. The van der Waals surface area contributed by atoms with Crippen LogP contribution in [-0.4, -0.2) is 30.7 Å². The Morgan fingerprint density at radius 1 is 1.12 bits per heavy atom. The summed E-state index contributed by atoms with van der Waals surface area (Å²) in [6.07, 6.45) is 0.776. The van der Waals surface area contributed by atoms with Gasteiger partial charge in [0.1, 0.15) is 5.82 Å². The summed E-state index contributed by atoms with van der Waals surface area (Å²) in [5.41, 5.74) is -2.36. The zero-order valence-corrected chi connectivity index (χ0v) is 13.4. The lowest BCUT2D eigenvalue weighted by Crippen LogP contribution is -2.27. The molecule has 26 heavy (non-hydrogen) atoms. The van der Waals surface area contributed by atoms with E-state index >= 15 is 0 Å². The second-order valence-electron chi connectivity index (χ2n) is 4.82. The largest absolute Gasteiger partial charge is 0.503 e. The van der Waals surface area contributed by atoms with Crippen LogP contribution >= 0.6 is 0 Å². The molecule has 1 heterocycles. The van der Waals surface area contributed by atoms with E-state index in [2.05, 4.69) is 10.3 Å². The molecule has 0 unspecified atom stereocenters. The quantitative estimate of drug-likeness (QED) is 0.771. The third kappa shape index (κ3) is 3.64. The highest BCUT2D eigenvalue weighted by atomic mass is 32.2. The fourth-order valence-electron chi connectivity index (χ4n) is 1.88. The lowest BCUT2D eigenvalue weighted by molar-refractivity contribution is -0.0438. The van der Waals surface area contributed by atoms with Crippen molar-refractivity contribution < 1.29 is 35.6 Å². The molecule has 2 aromatic rings. The molecular weight excluding hydrogens is 382 g/mol. The zero-order valence-electron chi connectivity index (χ0n) is 12.5. The predicted molar refractivity (Wildman–Crippen MR) is 80.3 cm³/mol. The van der Waals surface area contributed by atoms with Gasteiger partial charge in [0.05, 0.1) is 11.1 Å². The van der Waals surface area contributed by atoms with E-state index in [0.717, 1.165) is 36.5 Å². The molecule has 0 atom stereocenters. The standard InChI is InChI=1S/C14H9F4N3O4S/c15-10-4-3-7(6-9(10)11(19)22)21-12(23)8-2-1-5-20-13(8)26(24,25)14(16,17)18/h1-6H,(H2,19,22)(H,21,23). The van der Waals surface area contributed by atoms with Crippen molar-refractivity contribution in [2.45, 2.75) is 10.5 Å². The molecule has 0 aliphatic heterocycles. The van der Waals surface area contributed by atoms with Gasteiger partial charge in [-0.2, -0.15) is 13.2 Å². The Morgan fingerprint density at radius 3 is 2.35 bits per heavy atom.